The summed E-state index contributed by atoms with van der Waals surface area (Å²) in [6.45, 7) is 5.42. The van der Waals surface area contributed by atoms with Crippen molar-refractivity contribution in [2.24, 2.45) is 0 Å². The number of anilines is 1. The summed E-state index contributed by atoms with van der Waals surface area (Å²) < 4.78 is 0. The Morgan fingerprint density at radius 3 is 2.29 bits per heavy atom. The molecule has 21 heavy (non-hydrogen) atoms. The van der Waals surface area contributed by atoms with Crippen LogP contribution < -0.4 is 10.2 Å². The fourth-order valence-corrected chi connectivity index (χ4v) is 2.38. The average Bonchev–Trinajstić information content (AvgIpc) is 2.44. The number of hydrogen-bond acceptors (Lipinski definition) is 1. The number of amides is 1. The van der Waals surface area contributed by atoms with Crippen LogP contribution in [0, 0.1) is 13.8 Å². The van der Waals surface area contributed by atoms with Crippen LogP contribution in [0.5, 0.6) is 0 Å². The first-order chi connectivity index (χ1) is 10.1. The van der Waals surface area contributed by atoms with E-state index >= 15 is 0 Å². The summed E-state index contributed by atoms with van der Waals surface area (Å²) >= 11 is 0. The molecule has 3 heteroatoms. The normalized spacial score (nSPS) is 12.0. The first kappa shape index (κ1) is 15.3. The van der Waals surface area contributed by atoms with Gasteiger partial charge in [0, 0.05) is 11.3 Å². The predicted octanol–water partition coefficient (Wildman–Crippen LogP) is 1.96. The lowest BCUT2D eigenvalue weighted by Gasteiger charge is -2.15. The molecule has 1 unspecified atom stereocenters. The van der Waals surface area contributed by atoms with Gasteiger partial charge in [0.2, 0.25) is 0 Å². The Kier molecular flexibility index (Phi) is 5.12. The summed E-state index contributed by atoms with van der Waals surface area (Å²) in [7, 11) is 2.05. The smallest absolute Gasteiger partial charge is 0.279 e. The first-order valence-corrected chi connectivity index (χ1v) is 7.27. The summed E-state index contributed by atoms with van der Waals surface area (Å²) in [4.78, 5) is 13.3. The van der Waals surface area contributed by atoms with E-state index in [-0.39, 0.29) is 5.91 Å². The van der Waals surface area contributed by atoms with E-state index in [2.05, 4.69) is 24.4 Å². The minimum Gasteiger partial charge on any atom is -0.326 e. The lowest BCUT2D eigenvalue weighted by molar-refractivity contribution is -0.885. The highest BCUT2D eigenvalue weighted by atomic mass is 16.2. The van der Waals surface area contributed by atoms with E-state index in [0.29, 0.717) is 6.54 Å². The first-order valence-electron chi connectivity index (χ1n) is 7.27. The Bertz CT molecular complexity index is 622. The molecule has 0 aliphatic heterocycles. The summed E-state index contributed by atoms with van der Waals surface area (Å²) in [5.41, 5.74) is 4.54. The van der Waals surface area contributed by atoms with Crippen molar-refractivity contribution in [1.82, 2.24) is 0 Å². The minimum atomic E-state index is 0.0513. The van der Waals surface area contributed by atoms with Crippen molar-refractivity contribution in [3.63, 3.8) is 0 Å². The third kappa shape index (κ3) is 4.43. The van der Waals surface area contributed by atoms with Crippen LogP contribution in [0.1, 0.15) is 16.7 Å². The molecule has 2 N–H and O–H groups in total. The van der Waals surface area contributed by atoms with Crippen molar-refractivity contribution in [3.8, 4) is 0 Å². The molecule has 110 valence electrons. The monoisotopic (exact) mass is 283 g/mol. The standard InChI is InChI=1S/C18H22N2O/c1-14-8-4-6-10-16(14)12-20(3)13-18(21)19-17-11-7-5-9-15(17)2/h4-11H,12-13H2,1-3H3,(H,19,21)/p+1. The van der Waals surface area contributed by atoms with Crippen LogP contribution in [0.25, 0.3) is 0 Å². The van der Waals surface area contributed by atoms with Gasteiger partial charge in [-0.15, -0.1) is 0 Å². The topological polar surface area (TPSA) is 33.5 Å². The fourth-order valence-electron chi connectivity index (χ4n) is 2.38. The van der Waals surface area contributed by atoms with E-state index in [9.17, 15) is 4.79 Å². The van der Waals surface area contributed by atoms with E-state index in [0.717, 1.165) is 17.8 Å². The van der Waals surface area contributed by atoms with Gasteiger partial charge in [-0.25, -0.2) is 0 Å². The maximum atomic E-state index is 12.1. The number of rotatable bonds is 5. The third-order valence-electron chi connectivity index (χ3n) is 3.63. The summed E-state index contributed by atoms with van der Waals surface area (Å²) in [5.74, 6) is 0.0513. The van der Waals surface area contributed by atoms with Gasteiger partial charge in [-0.05, 0) is 31.0 Å². The molecule has 3 nitrogen and oxygen atoms in total. The zero-order valence-corrected chi connectivity index (χ0v) is 12.9. The molecule has 0 saturated heterocycles. The molecule has 2 aromatic carbocycles. The molecule has 0 aliphatic carbocycles. The molecule has 0 radical (unpaired) electrons. The van der Waals surface area contributed by atoms with Crippen LogP contribution in [0.3, 0.4) is 0 Å². The Morgan fingerprint density at radius 1 is 1.00 bits per heavy atom. The van der Waals surface area contributed by atoms with E-state index in [1.807, 2.05) is 50.4 Å². The van der Waals surface area contributed by atoms with Crippen molar-refractivity contribution < 1.29 is 9.69 Å². The second-order valence-corrected chi connectivity index (χ2v) is 5.60. The molecule has 1 atom stereocenters. The summed E-state index contributed by atoms with van der Waals surface area (Å²) in [5, 5.41) is 2.98. The fraction of sp³-hybridized carbons (Fsp3) is 0.278. The molecule has 0 heterocycles. The predicted molar refractivity (Wildman–Crippen MR) is 86.4 cm³/mol. The van der Waals surface area contributed by atoms with Crippen molar-refractivity contribution in [2.45, 2.75) is 20.4 Å². The lowest BCUT2D eigenvalue weighted by atomic mass is 10.1. The number of aryl methyl sites for hydroxylation is 2. The lowest BCUT2D eigenvalue weighted by Crippen LogP contribution is -3.08. The van der Waals surface area contributed by atoms with Gasteiger partial charge in [-0.2, -0.15) is 0 Å². The average molecular weight is 283 g/mol. The number of carbonyl (C=O) groups is 1. The van der Waals surface area contributed by atoms with Crippen LogP contribution in [-0.2, 0) is 11.3 Å². The van der Waals surface area contributed by atoms with Crippen LogP contribution in [0.15, 0.2) is 48.5 Å². The Balaban J connectivity index is 1.91. The van der Waals surface area contributed by atoms with Crippen molar-refractivity contribution in [2.75, 3.05) is 18.9 Å². The van der Waals surface area contributed by atoms with E-state index in [4.69, 9.17) is 0 Å². The van der Waals surface area contributed by atoms with Crippen LogP contribution in [0.4, 0.5) is 5.69 Å². The molecule has 2 aromatic rings. The molecule has 0 aromatic heterocycles. The molecular weight excluding hydrogens is 260 g/mol. The van der Waals surface area contributed by atoms with Crippen LogP contribution >= 0.6 is 0 Å². The third-order valence-corrected chi connectivity index (χ3v) is 3.63. The molecule has 0 spiro atoms. The van der Waals surface area contributed by atoms with Gasteiger partial charge >= 0.3 is 0 Å². The second-order valence-electron chi connectivity index (χ2n) is 5.60. The number of hydrogen-bond donors (Lipinski definition) is 2. The molecular formula is C18H23N2O+. The van der Waals surface area contributed by atoms with Gasteiger partial charge < -0.3 is 10.2 Å². The number of likely N-dealkylation sites (N-methyl/N-ethyl adjacent to an activating group) is 1. The SMILES string of the molecule is Cc1ccccc1C[NH+](C)CC(=O)Nc1ccccc1C. The number of nitrogens with one attached hydrogen (secondary N) is 2. The summed E-state index contributed by atoms with van der Waals surface area (Å²) in [6, 6.07) is 16.2. The van der Waals surface area contributed by atoms with E-state index in [1.165, 1.54) is 16.0 Å². The molecule has 0 aliphatic rings. The van der Waals surface area contributed by atoms with Gasteiger partial charge in [0.25, 0.3) is 5.91 Å². The van der Waals surface area contributed by atoms with Crippen molar-refractivity contribution in [3.05, 3.63) is 65.2 Å². The molecule has 1 amide bonds. The van der Waals surface area contributed by atoms with Gasteiger partial charge in [0.1, 0.15) is 6.54 Å². The second kappa shape index (κ2) is 7.04. The Labute approximate surface area is 126 Å². The van der Waals surface area contributed by atoms with Gasteiger partial charge in [-0.3, -0.25) is 4.79 Å². The quantitative estimate of drug-likeness (QED) is 0.864. The molecule has 2 rings (SSSR count). The van der Waals surface area contributed by atoms with E-state index < -0.39 is 0 Å². The maximum Gasteiger partial charge on any atom is 0.279 e. The Hall–Kier alpha value is -2.13. The molecule has 0 saturated carbocycles. The zero-order chi connectivity index (χ0) is 15.2. The highest BCUT2D eigenvalue weighted by molar-refractivity contribution is 5.92. The minimum absolute atomic E-state index is 0.0513. The maximum absolute atomic E-state index is 12.1. The van der Waals surface area contributed by atoms with Gasteiger partial charge in [0.05, 0.1) is 7.05 Å². The van der Waals surface area contributed by atoms with E-state index in [1.54, 1.807) is 0 Å². The summed E-state index contributed by atoms with van der Waals surface area (Å²) in [6.07, 6.45) is 0. The Morgan fingerprint density at radius 2 is 1.62 bits per heavy atom. The molecule has 0 fully saturated rings. The van der Waals surface area contributed by atoms with Crippen LogP contribution in [0.2, 0.25) is 0 Å². The number of para-hydroxylation sites is 1. The van der Waals surface area contributed by atoms with Crippen molar-refractivity contribution in [1.29, 1.82) is 0 Å². The van der Waals surface area contributed by atoms with Gasteiger partial charge in [-0.1, -0.05) is 42.5 Å². The zero-order valence-electron chi connectivity index (χ0n) is 12.9. The largest absolute Gasteiger partial charge is 0.326 e. The van der Waals surface area contributed by atoms with Gasteiger partial charge in [0.15, 0.2) is 6.54 Å². The number of benzene rings is 2. The highest BCUT2D eigenvalue weighted by Crippen LogP contribution is 2.12. The van der Waals surface area contributed by atoms with Crippen LogP contribution in [-0.4, -0.2) is 19.5 Å². The number of carbonyl (C=O) groups excluding carboxylic acids is 1. The number of quaternary nitrogens is 1. The molecule has 0 bridgehead atoms. The highest BCUT2D eigenvalue weighted by Gasteiger charge is 2.12. The van der Waals surface area contributed by atoms with Crippen molar-refractivity contribution >= 4 is 11.6 Å².